The highest BCUT2D eigenvalue weighted by Crippen LogP contribution is 2.29. The van der Waals surface area contributed by atoms with Crippen LogP contribution in [0.2, 0.25) is 5.02 Å². The van der Waals surface area contributed by atoms with E-state index in [2.05, 4.69) is 11.8 Å². The molecule has 0 heterocycles. The van der Waals surface area contributed by atoms with Gasteiger partial charge < -0.3 is 15.2 Å². The highest BCUT2D eigenvalue weighted by Gasteiger charge is 2.25. The van der Waals surface area contributed by atoms with Crippen LogP contribution >= 0.6 is 11.6 Å². The molecule has 0 saturated heterocycles. The average Bonchev–Trinajstić information content (AvgIpc) is 2.45. The summed E-state index contributed by atoms with van der Waals surface area (Å²) in [5, 5.41) is 0.387. The van der Waals surface area contributed by atoms with Gasteiger partial charge in [0.15, 0.2) is 0 Å². The Labute approximate surface area is 131 Å². The van der Waals surface area contributed by atoms with Crippen LogP contribution in [0.4, 0.5) is 4.39 Å². The molecule has 1 aromatic carbocycles. The molecular weight excluding hydrogens is 295 g/mol. The fourth-order valence-corrected chi connectivity index (χ4v) is 2.72. The standard InChI is InChI=1S/C15H24ClFN2O2/c1-11(10-21-3)19(6-7-20-2)15(9-18)13-5-4-12(17)8-14(13)16/h4-5,8,11,15H,6-7,9-10,18H2,1-3H3. The van der Waals surface area contributed by atoms with Crippen LogP contribution < -0.4 is 5.73 Å². The Kier molecular flexibility index (Phi) is 8.14. The summed E-state index contributed by atoms with van der Waals surface area (Å²) in [6.45, 7) is 4.27. The number of hydrogen-bond acceptors (Lipinski definition) is 4. The van der Waals surface area contributed by atoms with Crippen molar-refractivity contribution < 1.29 is 13.9 Å². The molecule has 1 aromatic rings. The van der Waals surface area contributed by atoms with E-state index < -0.39 is 0 Å². The molecule has 2 N–H and O–H groups in total. The van der Waals surface area contributed by atoms with Gasteiger partial charge in [-0.25, -0.2) is 4.39 Å². The molecule has 1 rings (SSSR count). The Hall–Kier alpha value is -0.720. The van der Waals surface area contributed by atoms with Gasteiger partial charge in [-0.2, -0.15) is 0 Å². The third-order valence-electron chi connectivity index (χ3n) is 3.47. The molecule has 0 amide bonds. The van der Waals surface area contributed by atoms with Crippen LogP contribution in [0.15, 0.2) is 18.2 Å². The van der Waals surface area contributed by atoms with E-state index in [0.717, 1.165) is 5.56 Å². The molecule has 4 nitrogen and oxygen atoms in total. The molecule has 120 valence electrons. The van der Waals surface area contributed by atoms with Gasteiger partial charge in [-0.15, -0.1) is 0 Å². The van der Waals surface area contributed by atoms with Crippen molar-refractivity contribution in [1.29, 1.82) is 0 Å². The topological polar surface area (TPSA) is 47.7 Å². The summed E-state index contributed by atoms with van der Waals surface area (Å²) in [5.41, 5.74) is 6.76. The van der Waals surface area contributed by atoms with Crippen molar-refractivity contribution in [2.24, 2.45) is 5.73 Å². The number of hydrogen-bond donors (Lipinski definition) is 1. The Morgan fingerprint density at radius 3 is 2.57 bits per heavy atom. The molecular formula is C15H24ClFN2O2. The van der Waals surface area contributed by atoms with Crippen molar-refractivity contribution in [3.05, 3.63) is 34.6 Å². The van der Waals surface area contributed by atoms with E-state index in [1.807, 2.05) is 0 Å². The second-order valence-electron chi connectivity index (χ2n) is 4.95. The average molecular weight is 319 g/mol. The zero-order valence-electron chi connectivity index (χ0n) is 12.8. The molecule has 0 radical (unpaired) electrons. The number of methoxy groups -OCH3 is 2. The number of rotatable bonds is 9. The van der Waals surface area contributed by atoms with Crippen molar-refractivity contribution in [1.82, 2.24) is 4.90 Å². The van der Waals surface area contributed by atoms with Crippen LogP contribution in [0.1, 0.15) is 18.5 Å². The van der Waals surface area contributed by atoms with Gasteiger partial charge in [0.05, 0.1) is 13.2 Å². The van der Waals surface area contributed by atoms with Crippen LogP contribution in [-0.2, 0) is 9.47 Å². The lowest BCUT2D eigenvalue weighted by Crippen LogP contribution is -2.44. The lowest BCUT2D eigenvalue weighted by atomic mass is 10.0. The minimum atomic E-state index is -0.354. The molecule has 0 saturated carbocycles. The highest BCUT2D eigenvalue weighted by molar-refractivity contribution is 6.31. The van der Waals surface area contributed by atoms with Gasteiger partial charge >= 0.3 is 0 Å². The molecule has 0 fully saturated rings. The third kappa shape index (κ3) is 5.20. The van der Waals surface area contributed by atoms with Crippen molar-refractivity contribution >= 4 is 11.6 Å². The van der Waals surface area contributed by atoms with E-state index in [-0.39, 0.29) is 17.9 Å². The van der Waals surface area contributed by atoms with E-state index in [1.165, 1.54) is 12.1 Å². The van der Waals surface area contributed by atoms with Crippen molar-refractivity contribution in [3.8, 4) is 0 Å². The van der Waals surface area contributed by atoms with Crippen LogP contribution in [0.25, 0.3) is 0 Å². The third-order valence-corrected chi connectivity index (χ3v) is 3.80. The summed E-state index contributed by atoms with van der Waals surface area (Å²) < 4.78 is 23.6. The van der Waals surface area contributed by atoms with E-state index in [9.17, 15) is 4.39 Å². The largest absolute Gasteiger partial charge is 0.383 e. The van der Waals surface area contributed by atoms with Crippen LogP contribution in [0, 0.1) is 5.82 Å². The maximum Gasteiger partial charge on any atom is 0.124 e. The van der Waals surface area contributed by atoms with Crippen LogP contribution in [-0.4, -0.2) is 51.5 Å². The number of benzene rings is 1. The van der Waals surface area contributed by atoms with Crippen molar-refractivity contribution in [3.63, 3.8) is 0 Å². The van der Waals surface area contributed by atoms with Gasteiger partial charge in [-0.3, -0.25) is 4.90 Å². The monoisotopic (exact) mass is 318 g/mol. The molecule has 0 bridgehead atoms. The Morgan fingerprint density at radius 1 is 1.33 bits per heavy atom. The van der Waals surface area contributed by atoms with Gasteiger partial charge in [0, 0.05) is 44.4 Å². The zero-order chi connectivity index (χ0) is 15.8. The summed E-state index contributed by atoms with van der Waals surface area (Å²) >= 11 is 6.18. The minimum absolute atomic E-state index is 0.113. The van der Waals surface area contributed by atoms with Gasteiger partial charge in [0.1, 0.15) is 5.82 Å². The Balaban J connectivity index is 3.04. The predicted molar refractivity (Wildman–Crippen MR) is 83.1 cm³/mol. The van der Waals surface area contributed by atoms with Crippen LogP contribution in [0.3, 0.4) is 0 Å². The number of nitrogens with two attached hydrogens (primary N) is 1. The summed E-state index contributed by atoms with van der Waals surface area (Å²) in [7, 11) is 3.31. The second-order valence-corrected chi connectivity index (χ2v) is 5.36. The fourth-order valence-electron chi connectivity index (χ4n) is 2.43. The highest BCUT2D eigenvalue weighted by atomic mass is 35.5. The first kappa shape index (κ1) is 18.3. The first-order valence-electron chi connectivity index (χ1n) is 6.93. The smallest absolute Gasteiger partial charge is 0.124 e. The predicted octanol–water partition coefficient (Wildman–Crippen LogP) is 2.46. The van der Waals surface area contributed by atoms with E-state index in [4.69, 9.17) is 26.8 Å². The molecule has 2 unspecified atom stereocenters. The van der Waals surface area contributed by atoms with Gasteiger partial charge in [0.25, 0.3) is 0 Å². The summed E-state index contributed by atoms with van der Waals surface area (Å²) in [6.07, 6.45) is 0. The normalized spacial score (nSPS) is 14.4. The molecule has 0 spiro atoms. The molecule has 0 aromatic heterocycles. The first-order valence-corrected chi connectivity index (χ1v) is 7.31. The minimum Gasteiger partial charge on any atom is -0.383 e. The second kappa shape index (κ2) is 9.33. The maximum absolute atomic E-state index is 13.2. The zero-order valence-corrected chi connectivity index (χ0v) is 13.6. The van der Waals surface area contributed by atoms with Gasteiger partial charge in [-0.1, -0.05) is 17.7 Å². The number of halogens is 2. The molecule has 2 atom stereocenters. The molecule has 6 heteroatoms. The Morgan fingerprint density at radius 2 is 2.05 bits per heavy atom. The fraction of sp³-hybridized carbons (Fsp3) is 0.600. The molecule has 21 heavy (non-hydrogen) atoms. The SMILES string of the molecule is COCCN(C(C)COC)C(CN)c1ccc(F)cc1Cl. The van der Waals surface area contributed by atoms with Crippen molar-refractivity contribution in [2.75, 3.05) is 40.5 Å². The van der Waals surface area contributed by atoms with E-state index >= 15 is 0 Å². The number of nitrogens with zero attached hydrogens (tertiary/aromatic N) is 1. The van der Waals surface area contributed by atoms with Gasteiger partial charge in [0.2, 0.25) is 0 Å². The quantitative estimate of drug-likeness (QED) is 0.760. The van der Waals surface area contributed by atoms with Crippen LogP contribution in [0.5, 0.6) is 0 Å². The van der Waals surface area contributed by atoms with E-state index in [0.29, 0.717) is 31.3 Å². The maximum atomic E-state index is 13.2. The lowest BCUT2D eigenvalue weighted by Gasteiger charge is -2.36. The molecule has 0 aliphatic carbocycles. The molecule has 0 aliphatic rings. The first-order chi connectivity index (χ1) is 10.0. The van der Waals surface area contributed by atoms with Gasteiger partial charge in [-0.05, 0) is 24.6 Å². The van der Waals surface area contributed by atoms with E-state index in [1.54, 1.807) is 20.3 Å². The Bertz CT molecular complexity index is 434. The summed E-state index contributed by atoms with van der Waals surface area (Å²) in [6, 6.07) is 4.43. The summed E-state index contributed by atoms with van der Waals surface area (Å²) in [5.74, 6) is -0.354. The molecule has 0 aliphatic heterocycles. The lowest BCUT2D eigenvalue weighted by molar-refractivity contribution is 0.0487. The van der Waals surface area contributed by atoms with Crippen molar-refractivity contribution in [2.45, 2.75) is 19.0 Å². The summed E-state index contributed by atoms with van der Waals surface area (Å²) in [4.78, 5) is 2.17. The number of ether oxygens (including phenoxy) is 2.